The van der Waals surface area contributed by atoms with E-state index in [1.54, 1.807) is 6.08 Å². The molecule has 4 heteroatoms. The zero-order valence-electron chi connectivity index (χ0n) is 3.59. The average molecular weight is 120 g/mol. The van der Waals surface area contributed by atoms with Gasteiger partial charge in [-0.15, -0.1) is 0 Å². The monoisotopic (exact) mass is 120 g/mol. The molecule has 0 amide bonds. The van der Waals surface area contributed by atoms with Crippen molar-refractivity contribution in [3.05, 3.63) is 12.3 Å². The van der Waals surface area contributed by atoms with Crippen molar-refractivity contribution in [3.8, 4) is 0 Å². The molecule has 0 saturated heterocycles. The summed E-state index contributed by atoms with van der Waals surface area (Å²) in [6.45, 7) is 0.414. The molecule has 1 rings (SSSR count). The van der Waals surface area contributed by atoms with E-state index in [0.29, 0.717) is 6.61 Å². The molecule has 1 aliphatic heterocycles. The molecule has 1 unspecified atom stereocenters. The third-order valence-electron chi connectivity index (χ3n) is 0.558. The SMILES string of the molecule is O=[PH]1OC=CCO1. The molecule has 40 valence electrons. The van der Waals surface area contributed by atoms with Crippen molar-refractivity contribution in [2.75, 3.05) is 6.61 Å². The molecule has 0 saturated carbocycles. The summed E-state index contributed by atoms with van der Waals surface area (Å²) in [6, 6.07) is 0. The number of hydrogen-bond acceptors (Lipinski definition) is 3. The summed E-state index contributed by atoms with van der Waals surface area (Å²) < 4.78 is 19.1. The van der Waals surface area contributed by atoms with Crippen molar-refractivity contribution in [3.63, 3.8) is 0 Å². The number of hydrogen-bond donors (Lipinski definition) is 0. The minimum Gasteiger partial charge on any atom is -0.434 e. The van der Waals surface area contributed by atoms with Crippen LogP contribution in [0, 0.1) is 0 Å². The summed E-state index contributed by atoms with van der Waals surface area (Å²) in [4.78, 5) is 0. The van der Waals surface area contributed by atoms with Crippen LogP contribution >= 0.6 is 8.25 Å². The first-order chi connectivity index (χ1) is 3.39. The van der Waals surface area contributed by atoms with Gasteiger partial charge in [0.1, 0.15) is 0 Å². The molecule has 1 heterocycles. The van der Waals surface area contributed by atoms with Crippen LogP contribution < -0.4 is 0 Å². The lowest BCUT2D eigenvalue weighted by Gasteiger charge is -2.03. The van der Waals surface area contributed by atoms with Crippen molar-refractivity contribution >= 4 is 8.25 Å². The fraction of sp³-hybridized carbons (Fsp3) is 0.333. The van der Waals surface area contributed by atoms with Gasteiger partial charge in [0.05, 0.1) is 12.9 Å². The van der Waals surface area contributed by atoms with Gasteiger partial charge in [-0.2, -0.15) is 0 Å². The van der Waals surface area contributed by atoms with Crippen molar-refractivity contribution in [2.24, 2.45) is 0 Å². The predicted octanol–water partition coefficient (Wildman–Crippen LogP) is 0.937. The van der Waals surface area contributed by atoms with Gasteiger partial charge < -0.3 is 4.52 Å². The highest BCUT2D eigenvalue weighted by molar-refractivity contribution is 7.33. The maximum absolute atomic E-state index is 10.2. The lowest BCUT2D eigenvalue weighted by molar-refractivity contribution is 0.278. The molecule has 0 N–H and O–H groups in total. The third-order valence-corrected chi connectivity index (χ3v) is 1.29. The molecule has 0 radical (unpaired) electrons. The average Bonchev–Trinajstić information content (AvgIpc) is 1.69. The smallest absolute Gasteiger partial charge is 0.367 e. The van der Waals surface area contributed by atoms with Crippen LogP contribution in [0.2, 0.25) is 0 Å². The van der Waals surface area contributed by atoms with Crippen molar-refractivity contribution in [1.82, 2.24) is 0 Å². The van der Waals surface area contributed by atoms with Gasteiger partial charge in [0.2, 0.25) is 0 Å². The summed E-state index contributed by atoms with van der Waals surface area (Å²) >= 11 is 0. The molecule has 1 aliphatic rings. The molecule has 3 nitrogen and oxygen atoms in total. The summed E-state index contributed by atoms with van der Waals surface area (Å²) in [5, 5.41) is 0. The lowest BCUT2D eigenvalue weighted by Crippen LogP contribution is -1.86. The molecule has 0 aromatic heterocycles. The second-order valence-electron chi connectivity index (χ2n) is 1.05. The van der Waals surface area contributed by atoms with Crippen molar-refractivity contribution in [2.45, 2.75) is 0 Å². The Morgan fingerprint density at radius 2 is 2.57 bits per heavy atom. The second kappa shape index (κ2) is 2.15. The van der Waals surface area contributed by atoms with Crippen LogP contribution in [0.25, 0.3) is 0 Å². The van der Waals surface area contributed by atoms with Crippen molar-refractivity contribution in [1.29, 1.82) is 0 Å². The van der Waals surface area contributed by atoms with E-state index in [1.165, 1.54) is 6.26 Å². The Bertz CT molecular complexity index is 109. The normalized spacial score (nSPS) is 29.4. The van der Waals surface area contributed by atoms with Crippen molar-refractivity contribution < 1.29 is 13.6 Å². The van der Waals surface area contributed by atoms with Crippen LogP contribution in [0.1, 0.15) is 0 Å². The van der Waals surface area contributed by atoms with Gasteiger partial charge in [0.15, 0.2) is 0 Å². The maximum atomic E-state index is 10.2. The van der Waals surface area contributed by atoms with Gasteiger partial charge in [-0.3, -0.25) is 4.52 Å². The molecular weight excluding hydrogens is 115 g/mol. The van der Waals surface area contributed by atoms with Crippen LogP contribution in [-0.2, 0) is 13.6 Å². The summed E-state index contributed by atoms with van der Waals surface area (Å²) in [7, 11) is -2.13. The van der Waals surface area contributed by atoms with E-state index in [1.807, 2.05) is 0 Å². The Morgan fingerprint density at radius 3 is 2.86 bits per heavy atom. The van der Waals surface area contributed by atoms with Gasteiger partial charge in [-0.05, 0) is 6.08 Å². The minimum absolute atomic E-state index is 0.414. The standard InChI is InChI=1S/C3H5O3P/c4-7-5-2-1-3-6-7/h1-2,7H,3H2. The highest BCUT2D eigenvalue weighted by Gasteiger charge is 1.97. The zero-order valence-corrected chi connectivity index (χ0v) is 4.59. The fourth-order valence-corrected chi connectivity index (χ4v) is 0.801. The molecule has 0 aromatic rings. The van der Waals surface area contributed by atoms with Gasteiger partial charge in [0.25, 0.3) is 0 Å². The zero-order chi connectivity index (χ0) is 5.11. The molecule has 0 aliphatic carbocycles. The van der Waals surface area contributed by atoms with Gasteiger partial charge in [0, 0.05) is 0 Å². The fourth-order valence-electron chi connectivity index (χ4n) is 0.293. The van der Waals surface area contributed by atoms with Crippen LogP contribution in [0.5, 0.6) is 0 Å². The summed E-state index contributed by atoms with van der Waals surface area (Å²) in [5.41, 5.74) is 0. The van der Waals surface area contributed by atoms with E-state index in [4.69, 9.17) is 0 Å². The Kier molecular flexibility index (Phi) is 1.50. The Morgan fingerprint density at radius 1 is 1.71 bits per heavy atom. The highest BCUT2D eigenvalue weighted by Crippen LogP contribution is 2.26. The molecular formula is C3H5O3P. The third kappa shape index (κ3) is 1.33. The van der Waals surface area contributed by atoms with Gasteiger partial charge in [-0.25, -0.2) is 4.57 Å². The Balaban J connectivity index is 2.47. The first kappa shape index (κ1) is 4.88. The molecule has 0 aromatic carbocycles. The van der Waals surface area contributed by atoms with Crippen LogP contribution in [0.4, 0.5) is 0 Å². The summed E-state index contributed by atoms with van der Waals surface area (Å²) in [6.07, 6.45) is 3.05. The first-order valence-corrected chi connectivity index (χ1v) is 3.10. The Labute approximate surface area is 41.9 Å². The van der Waals surface area contributed by atoms with E-state index in [0.717, 1.165) is 0 Å². The molecule has 0 fully saturated rings. The van der Waals surface area contributed by atoms with Crippen LogP contribution in [0.15, 0.2) is 12.3 Å². The van der Waals surface area contributed by atoms with Crippen LogP contribution in [-0.4, -0.2) is 6.61 Å². The van der Waals surface area contributed by atoms with E-state index < -0.39 is 8.25 Å². The van der Waals surface area contributed by atoms with Crippen LogP contribution in [0.3, 0.4) is 0 Å². The summed E-state index contributed by atoms with van der Waals surface area (Å²) in [5.74, 6) is 0. The lowest BCUT2D eigenvalue weighted by atomic mass is 10.7. The first-order valence-electron chi connectivity index (χ1n) is 1.88. The molecule has 7 heavy (non-hydrogen) atoms. The minimum atomic E-state index is -2.13. The molecule has 0 spiro atoms. The van der Waals surface area contributed by atoms with E-state index in [9.17, 15) is 4.57 Å². The topological polar surface area (TPSA) is 35.5 Å². The van der Waals surface area contributed by atoms with E-state index >= 15 is 0 Å². The largest absolute Gasteiger partial charge is 0.434 e. The van der Waals surface area contributed by atoms with Gasteiger partial charge in [-0.1, -0.05) is 0 Å². The molecule has 0 bridgehead atoms. The second-order valence-corrected chi connectivity index (χ2v) is 2.08. The van der Waals surface area contributed by atoms with E-state index in [-0.39, 0.29) is 0 Å². The predicted molar refractivity (Wildman–Crippen MR) is 25.2 cm³/mol. The van der Waals surface area contributed by atoms with Gasteiger partial charge >= 0.3 is 8.25 Å². The highest BCUT2D eigenvalue weighted by atomic mass is 31.1. The Hall–Kier alpha value is -0.270. The van der Waals surface area contributed by atoms with E-state index in [2.05, 4.69) is 9.05 Å². The molecule has 1 atom stereocenters. The quantitative estimate of drug-likeness (QED) is 0.446. The number of rotatable bonds is 0. The maximum Gasteiger partial charge on any atom is 0.367 e.